The van der Waals surface area contributed by atoms with E-state index in [1.165, 1.54) is 12.0 Å². The maximum absolute atomic E-state index is 4.09. The van der Waals surface area contributed by atoms with Crippen LogP contribution in [-0.2, 0) is 6.42 Å². The van der Waals surface area contributed by atoms with Crippen molar-refractivity contribution < 1.29 is 0 Å². The average Bonchev–Trinajstić information content (AvgIpc) is 2.45. The number of pyridine rings is 1. The van der Waals surface area contributed by atoms with E-state index in [4.69, 9.17) is 0 Å². The molecule has 0 aliphatic carbocycles. The predicted octanol–water partition coefficient (Wildman–Crippen LogP) is 2.72. The first-order valence-electron chi connectivity index (χ1n) is 7.87. The van der Waals surface area contributed by atoms with E-state index in [0.29, 0.717) is 17.5 Å². The molecule has 0 bridgehead atoms. The van der Waals surface area contributed by atoms with Gasteiger partial charge in [0, 0.05) is 44.1 Å². The molecule has 0 aromatic carbocycles. The van der Waals surface area contributed by atoms with E-state index < -0.39 is 0 Å². The SMILES string of the molecule is CCC1CNC(C(C)(C)C)CN1CCc1ccncc1. The van der Waals surface area contributed by atoms with Crippen LogP contribution in [0.2, 0.25) is 0 Å². The van der Waals surface area contributed by atoms with E-state index in [2.05, 4.69) is 55.0 Å². The molecule has 3 nitrogen and oxygen atoms in total. The molecule has 1 aliphatic heterocycles. The van der Waals surface area contributed by atoms with Gasteiger partial charge in [-0.1, -0.05) is 27.7 Å². The van der Waals surface area contributed by atoms with Gasteiger partial charge in [0.2, 0.25) is 0 Å². The fourth-order valence-corrected chi connectivity index (χ4v) is 2.93. The Labute approximate surface area is 123 Å². The van der Waals surface area contributed by atoms with E-state index in [-0.39, 0.29) is 0 Å². The average molecular weight is 275 g/mol. The molecule has 2 unspecified atom stereocenters. The zero-order valence-electron chi connectivity index (χ0n) is 13.4. The Balaban J connectivity index is 1.95. The van der Waals surface area contributed by atoms with Crippen molar-refractivity contribution >= 4 is 0 Å². The van der Waals surface area contributed by atoms with Crippen molar-refractivity contribution in [2.75, 3.05) is 19.6 Å². The topological polar surface area (TPSA) is 28.2 Å². The van der Waals surface area contributed by atoms with Gasteiger partial charge in [-0.2, -0.15) is 0 Å². The standard InChI is InChI=1S/C17H29N3/c1-5-15-12-19-16(17(2,3)4)13-20(15)11-8-14-6-9-18-10-7-14/h6-7,9-10,15-16,19H,5,8,11-13H2,1-4H3. The van der Waals surface area contributed by atoms with Gasteiger partial charge >= 0.3 is 0 Å². The highest BCUT2D eigenvalue weighted by Crippen LogP contribution is 2.24. The molecule has 3 heteroatoms. The van der Waals surface area contributed by atoms with Crippen LogP contribution in [-0.4, -0.2) is 41.6 Å². The van der Waals surface area contributed by atoms with Crippen LogP contribution in [0.4, 0.5) is 0 Å². The molecule has 1 aliphatic rings. The number of rotatable bonds is 4. The van der Waals surface area contributed by atoms with E-state index in [1.807, 2.05) is 12.4 Å². The zero-order valence-corrected chi connectivity index (χ0v) is 13.4. The van der Waals surface area contributed by atoms with Crippen molar-refractivity contribution in [2.45, 2.75) is 52.6 Å². The Bertz CT molecular complexity index is 396. The van der Waals surface area contributed by atoms with Crippen LogP contribution in [0, 0.1) is 5.41 Å². The molecule has 2 rings (SSSR count). The quantitative estimate of drug-likeness (QED) is 0.916. The Morgan fingerprint density at radius 3 is 2.60 bits per heavy atom. The van der Waals surface area contributed by atoms with Crippen molar-refractivity contribution in [3.8, 4) is 0 Å². The van der Waals surface area contributed by atoms with Gasteiger partial charge in [0.05, 0.1) is 0 Å². The third kappa shape index (κ3) is 4.03. The van der Waals surface area contributed by atoms with Crippen LogP contribution in [0.25, 0.3) is 0 Å². The van der Waals surface area contributed by atoms with Gasteiger partial charge in [0.15, 0.2) is 0 Å². The van der Waals surface area contributed by atoms with Gasteiger partial charge in [-0.3, -0.25) is 9.88 Å². The summed E-state index contributed by atoms with van der Waals surface area (Å²) >= 11 is 0. The van der Waals surface area contributed by atoms with Gasteiger partial charge < -0.3 is 5.32 Å². The molecule has 0 radical (unpaired) electrons. The molecule has 112 valence electrons. The summed E-state index contributed by atoms with van der Waals surface area (Å²) in [5.41, 5.74) is 1.72. The Morgan fingerprint density at radius 1 is 1.30 bits per heavy atom. The van der Waals surface area contributed by atoms with Crippen molar-refractivity contribution in [1.29, 1.82) is 0 Å². The molecular weight excluding hydrogens is 246 g/mol. The van der Waals surface area contributed by atoms with Crippen molar-refractivity contribution in [1.82, 2.24) is 15.2 Å². The highest BCUT2D eigenvalue weighted by Gasteiger charge is 2.32. The second kappa shape index (κ2) is 6.68. The van der Waals surface area contributed by atoms with Gasteiger partial charge in [0.1, 0.15) is 0 Å². The van der Waals surface area contributed by atoms with Crippen LogP contribution < -0.4 is 5.32 Å². The molecule has 1 aromatic heterocycles. The minimum absolute atomic E-state index is 0.327. The van der Waals surface area contributed by atoms with E-state index in [0.717, 1.165) is 26.1 Å². The van der Waals surface area contributed by atoms with Crippen molar-refractivity contribution in [3.05, 3.63) is 30.1 Å². The number of hydrogen-bond acceptors (Lipinski definition) is 3. The van der Waals surface area contributed by atoms with Gasteiger partial charge in [-0.05, 0) is 36.0 Å². The van der Waals surface area contributed by atoms with Crippen molar-refractivity contribution in [3.63, 3.8) is 0 Å². The summed E-state index contributed by atoms with van der Waals surface area (Å²) in [6.07, 6.45) is 6.13. The Kier molecular flexibility index (Phi) is 5.17. The molecule has 1 aromatic rings. The van der Waals surface area contributed by atoms with Crippen LogP contribution in [0.15, 0.2) is 24.5 Å². The van der Waals surface area contributed by atoms with E-state index >= 15 is 0 Å². The van der Waals surface area contributed by atoms with Crippen LogP contribution in [0.1, 0.15) is 39.7 Å². The molecular formula is C17H29N3. The molecule has 0 spiro atoms. The lowest BCUT2D eigenvalue weighted by molar-refractivity contribution is 0.0846. The lowest BCUT2D eigenvalue weighted by Crippen LogP contribution is -2.60. The Hall–Kier alpha value is -0.930. The third-order valence-electron chi connectivity index (χ3n) is 4.49. The summed E-state index contributed by atoms with van der Waals surface area (Å²) in [6, 6.07) is 5.52. The molecule has 2 atom stereocenters. The maximum Gasteiger partial charge on any atom is 0.0270 e. The first-order chi connectivity index (χ1) is 9.50. The third-order valence-corrected chi connectivity index (χ3v) is 4.49. The minimum atomic E-state index is 0.327. The van der Waals surface area contributed by atoms with Crippen LogP contribution >= 0.6 is 0 Å². The van der Waals surface area contributed by atoms with E-state index in [1.54, 1.807) is 0 Å². The molecule has 20 heavy (non-hydrogen) atoms. The number of hydrogen-bond donors (Lipinski definition) is 1. The summed E-state index contributed by atoms with van der Waals surface area (Å²) < 4.78 is 0. The second-order valence-electron chi connectivity index (χ2n) is 6.99. The van der Waals surface area contributed by atoms with Crippen molar-refractivity contribution in [2.24, 2.45) is 5.41 Å². The first-order valence-corrected chi connectivity index (χ1v) is 7.87. The summed E-state index contributed by atoms with van der Waals surface area (Å²) in [5, 5.41) is 3.74. The minimum Gasteiger partial charge on any atom is -0.311 e. The lowest BCUT2D eigenvalue weighted by atomic mass is 9.84. The number of aromatic nitrogens is 1. The smallest absolute Gasteiger partial charge is 0.0270 e. The Morgan fingerprint density at radius 2 is 2.00 bits per heavy atom. The zero-order chi connectivity index (χ0) is 14.6. The highest BCUT2D eigenvalue weighted by atomic mass is 15.2. The highest BCUT2D eigenvalue weighted by molar-refractivity contribution is 5.10. The largest absolute Gasteiger partial charge is 0.311 e. The maximum atomic E-state index is 4.09. The van der Waals surface area contributed by atoms with Gasteiger partial charge in [-0.25, -0.2) is 0 Å². The summed E-state index contributed by atoms with van der Waals surface area (Å²) in [4.78, 5) is 6.77. The molecule has 0 saturated carbocycles. The van der Waals surface area contributed by atoms with Gasteiger partial charge in [0.25, 0.3) is 0 Å². The molecule has 1 fully saturated rings. The second-order valence-corrected chi connectivity index (χ2v) is 6.99. The fourth-order valence-electron chi connectivity index (χ4n) is 2.93. The van der Waals surface area contributed by atoms with Crippen LogP contribution in [0.3, 0.4) is 0 Å². The summed E-state index contributed by atoms with van der Waals surface area (Å²) in [7, 11) is 0. The molecule has 1 N–H and O–H groups in total. The predicted molar refractivity (Wildman–Crippen MR) is 84.8 cm³/mol. The number of nitrogens with one attached hydrogen (secondary N) is 1. The van der Waals surface area contributed by atoms with Crippen LogP contribution in [0.5, 0.6) is 0 Å². The molecule has 0 amide bonds. The summed E-state index contributed by atoms with van der Waals surface area (Å²) in [6.45, 7) is 12.7. The molecule has 1 saturated heterocycles. The van der Waals surface area contributed by atoms with Gasteiger partial charge in [-0.15, -0.1) is 0 Å². The fraction of sp³-hybridized carbons (Fsp3) is 0.706. The molecule has 2 heterocycles. The monoisotopic (exact) mass is 275 g/mol. The number of nitrogens with zero attached hydrogens (tertiary/aromatic N) is 2. The normalized spacial score (nSPS) is 24.8. The lowest BCUT2D eigenvalue weighted by Gasteiger charge is -2.45. The number of piperazine rings is 1. The summed E-state index contributed by atoms with van der Waals surface area (Å²) in [5.74, 6) is 0. The van der Waals surface area contributed by atoms with E-state index in [9.17, 15) is 0 Å². The first kappa shape index (κ1) is 15.5.